The minimum Gasteiger partial charge on any atom is -0.361 e. The number of nitrogens with zero attached hydrogens (tertiary/aromatic N) is 3. The van der Waals surface area contributed by atoms with Crippen molar-refractivity contribution >= 4 is 33.4 Å². The predicted octanol–water partition coefficient (Wildman–Crippen LogP) is 2.49. The van der Waals surface area contributed by atoms with Crippen molar-refractivity contribution in [1.29, 1.82) is 0 Å². The van der Waals surface area contributed by atoms with Crippen LogP contribution in [0.1, 0.15) is 23.9 Å². The van der Waals surface area contributed by atoms with Gasteiger partial charge in [0.05, 0.1) is 16.3 Å². The average molecular weight is 453 g/mol. The first-order valence-corrected chi connectivity index (χ1v) is 12.5. The number of likely N-dealkylation sites (N-methyl/N-ethyl adjacent to an activating group) is 1. The fourth-order valence-corrected chi connectivity index (χ4v) is 5.76. The molecule has 1 amide bonds. The van der Waals surface area contributed by atoms with Gasteiger partial charge in [-0.2, -0.15) is 4.31 Å². The largest absolute Gasteiger partial charge is 0.361 e. The molecule has 1 N–H and O–H groups in total. The molecule has 0 radical (unpaired) electrons. The maximum atomic E-state index is 13.0. The number of anilines is 1. The Morgan fingerprint density at radius 1 is 1.23 bits per heavy atom. The summed E-state index contributed by atoms with van der Waals surface area (Å²) in [5, 5.41) is 6.70. The molecule has 0 spiro atoms. The van der Waals surface area contributed by atoms with Crippen LogP contribution in [0, 0.1) is 13.8 Å². The number of hydrogen-bond acceptors (Lipinski definition) is 7. The molecular weight excluding hydrogens is 424 g/mol. The van der Waals surface area contributed by atoms with Crippen LogP contribution in [0.15, 0.2) is 33.7 Å². The first-order valence-electron chi connectivity index (χ1n) is 9.93. The number of aromatic nitrogens is 1. The van der Waals surface area contributed by atoms with Crippen LogP contribution in [0.4, 0.5) is 5.69 Å². The highest BCUT2D eigenvalue weighted by Gasteiger charge is 2.28. The maximum absolute atomic E-state index is 13.0. The summed E-state index contributed by atoms with van der Waals surface area (Å²) in [7, 11) is -3.58. The van der Waals surface area contributed by atoms with Gasteiger partial charge in [-0.15, -0.1) is 11.8 Å². The van der Waals surface area contributed by atoms with Gasteiger partial charge in [0.2, 0.25) is 15.9 Å². The van der Waals surface area contributed by atoms with Crippen molar-refractivity contribution < 1.29 is 17.7 Å². The zero-order chi connectivity index (χ0) is 21.7. The smallest absolute Gasteiger partial charge is 0.243 e. The van der Waals surface area contributed by atoms with Crippen molar-refractivity contribution in [2.24, 2.45) is 0 Å². The highest BCUT2D eigenvalue weighted by atomic mass is 32.2. The lowest BCUT2D eigenvalue weighted by atomic mass is 10.2. The topological polar surface area (TPSA) is 95.8 Å². The molecular formula is C20H28N4O4S2. The molecule has 2 aromatic rings. The summed E-state index contributed by atoms with van der Waals surface area (Å²) < 4.78 is 32.6. The van der Waals surface area contributed by atoms with Crippen LogP contribution in [0.2, 0.25) is 0 Å². The third-order valence-corrected chi connectivity index (χ3v) is 8.05. The van der Waals surface area contributed by atoms with E-state index in [2.05, 4.69) is 22.3 Å². The molecule has 3 rings (SSSR count). The SMILES string of the molecule is CCN1CCN(S(=O)(=O)c2cccc(NC(=O)CSCc3c(C)noc3C)c2)CC1. The van der Waals surface area contributed by atoms with Crippen molar-refractivity contribution in [3.8, 4) is 0 Å². The first kappa shape index (κ1) is 22.8. The molecule has 8 nitrogen and oxygen atoms in total. The lowest BCUT2D eigenvalue weighted by Gasteiger charge is -2.33. The van der Waals surface area contributed by atoms with Gasteiger partial charge in [0, 0.05) is 43.2 Å². The third kappa shape index (κ3) is 5.42. The van der Waals surface area contributed by atoms with Gasteiger partial charge in [-0.25, -0.2) is 8.42 Å². The molecule has 1 fully saturated rings. The van der Waals surface area contributed by atoms with Crippen molar-refractivity contribution in [3.63, 3.8) is 0 Å². The summed E-state index contributed by atoms with van der Waals surface area (Å²) in [6.07, 6.45) is 0. The van der Waals surface area contributed by atoms with Crippen LogP contribution < -0.4 is 5.32 Å². The molecule has 1 aliphatic heterocycles. The minimum atomic E-state index is -3.58. The molecule has 0 atom stereocenters. The maximum Gasteiger partial charge on any atom is 0.243 e. The molecule has 0 bridgehead atoms. The number of carbonyl (C=O) groups is 1. The van der Waals surface area contributed by atoms with E-state index in [9.17, 15) is 13.2 Å². The number of aryl methyl sites for hydroxylation is 2. The van der Waals surface area contributed by atoms with Crippen LogP contribution in [0.3, 0.4) is 0 Å². The van der Waals surface area contributed by atoms with Crippen LogP contribution >= 0.6 is 11.8 Å². The quantitative estimate of drug-likeness (QED) is 0.657. The Morgan fingerprint density at radius 2 is 1.97 bits per heavy atom. The van der Waals surface area contributed by atoms with E-state index in [1.807, 2.05) is 13.8 Å². The summed E-state index contributed by atoms with van der Waals surface area (Å²) in [5.74, 6) is 1.46. The highest BCUT2D eigenvalue weighted by molar-refractivity contribution is 7.99. The average Bonchev–Trinajstić information content (AvgIpc) is 3.06. The summed E-state index contributed by atoms with van der Waals surface area (Å²) in [5.41, 5.74) is 2.31. The van der Waals surface area contributed by atoms with Gasteiger partial charge < -0.3 is 14.7 Å². The first-order chi connectivity index (χ1) is 14.3. The Balaban J connectivity index is 1.57. The van der Waals surface area contributed by atoms with Gasteiger partial charge in [-0.1, -0.05) is 18.1 Å². The van der Waals surface area contributed by atoms with E-state index in [0.29, 0.717) is 24.5 Å². The molecule has 0 aliphatic carbocycles. The number of amides is 1. The molecule has 1 aromatic heterocycles. The van der Waals surface area contributed by atoms with Gasteiger partial charge >= 0.3 is 0 Å². The van der Waals surface area contributed by atoms with E-state index in [-0.39, 0.29) is 16.6 Å². The Bertz CT molecular complexity index is 963. The van der Waals surface area contributed by atoms with E-state index in [1.54, 1.807) is 18.2 Å². The van der Waals surface area contributed by atoms with Crippen LogP contribution in [0.25, 0.3) is 0 Å². The van der Waals surface area contributed by atoms with Crippen LogP contribution in [0.5, 0.6) is 0 Å². The van der Waals surface area contributed by atoms with Gasteiger partial charge in [0.25, 0.3) is 0 Å². The summed E-state index contributed by atoms with van der Waals surface area (Å²) in [6.45, 7) is 9.14. The van der Waals surface area contributed by atoms with Crippen molar-refractivity contribution in [2.45, 2.75) is 31.4 Å². The Labute approximate surface area is 182 Å². The Hall–Kier alpha value is -1.88. The predicted molar refractivity (Wildman–Crippen MR) is 118 cm³/mol. The van der Waals surface area contributed by atoms with E-state index in [1.165, 1.54) is 22.1 Å². The molecule has 0 saturated carbocycles. The molecule has 1 aliphatic rings. The summed E-state index contributed by atoms with van der Waals surface area (Å²) >= 11 is 1.46. The van der Waals surface area contributed by atoms with Crippen molar-refractivity contribution in [3.05, 3.63) is 41.3 Å². The molecule has 0 unspecified atom stereocenters. The second-order valence-electron chi connectivity index (χ2n) is 7.21. The second kappa shape index (κ2) is 9.95. The van der Waals surface area contributed by atoms with Gasteiger partial charge in [0.15, 0.2) is 0 Å². The second-order valence-corrected chi connectivity index (χ2v) is 10.1. The summed E-state index contributed by atoms with van der Waals surface area (Å²) in [6, 6.07) is 6.45. The molecule has 10 heteroatoms. The lowest BCUT2D eigenvalue weighted by Crippen LogP contribution is -2.48. The monoisotopic (exact) mass is 452 g/mol. The van der Waals surface area contributed by atoms with E-state index in [4.69, 9.17) is 4.52 Å². The number of thioether (sulfide) groups is 1. The lowest BCUT2D eigenvalue weighted by molar-refractivity contribution is -0.113. The number of carbonyl (C=O) groups excluding carboxylic acids is 1. The zero-order valence-electron chi connectivity index (χ0n) is 17.6. The Morgan fingerprint density at radius 3 is 2.60 bits per heavy atom. The Kier molecular flexibility index (Phi) is 7.56. The zero-order valence-corrected chi connectivity index (χ0v) is 19.2. The molecule has 30 heavy (non-hydrogen) atoms. The number of sulfonamides is 1. The van der Waals surface area contributed by atoms with E-state index in [0.717, 1.165) is 36.7 Å². The van der Waals surface area contributed by atoms with Gasteiger partial charge in [-0.3, -0.25) is 4.79 Å². The summed E-state index contributed by atoms with van der Waals surface area (Å²) in [4.78, 5) is 14.7. The van der Waals surface area contributed by atoms with Gasteiger partial charge in [0.1, 0.15) is 5.76 Å². The number of hydrogen-bond donors (Lipinski definition) is 1. The molecule has 2 heterocycles. The highest BCUT2D eigenvalue weighted by Crippen LogP contribution is 2.22. The number of nitrogens with one attached hydrogen (secondary N) is 1. The molecule has 164 valence electrons. The van der Waals surface area contributed by atoms with Crippen molar-refractivity contribution in [1.82, 2.24) is 14.4 Å². The van der Waals surface area contributed by atoms with E-state index >= 15 is 0 Å². The van der Waals surface area contributed by atoms with Crippen LogP contribution in [-0.4, -0.2) is 67.2 Å². The third-order valence-electron chi connectivity index (χ3n) is 5.19. The van der Waals surface area contributed by atoms with Crippen LogP contribution in [-0.2, 0) is 20.6 Å². The fourth-order valence-electron chi connectivity index (χ4n) is 3.32. The molecule has 1 aromatic carbocycles. The van der Waals surface area contributed by atoms with E-state index < -0.39 is 10.0 Å². The molecule has 1 saturated heterocycles. The number of piperazine rings is 1. The minimum absolute atomic E-state index is 0.183. The number of rotatable bonds is 8. The number of benzene rings is 1. The normalized spacial score (nSPS) is 16.0. The fraction of sp³-hybridized carbons (Fsp3) is 0.500. The standard InChI is InChI=1S/C20H28N4O4S2/c1-4-23-8-10-24(11-9-23)30(26,27)18-7-5-6-17(12-18)21-20(25)14-29-13-19-15(2)22-28-16(19)3/h5-7,12H,4,8-11,13-14H2,1-3H3,(H,21,25). The van der Waals surface area contributed by atoms with Gasteiger partial charge in [-0.05, 0) is 38.6 Å². The van der Waals surface area contributed by atoms with Crippen molar-refractivity contribution in [2.75, 3.05) is 43.8 Å².